The van der Waals surface area contributed by atoms with E-state index in [2.05, 4.69) is 4.74 Å². The molecule has 1 saturated heterocycles. The summed E-state index contributed by atoms with van der Waals surface area (Å²) in [4.78, 5) is 13.0. The number of alkyl halides is 2. The maximum atomic E-state index is 13.0. The maximum absolute atomic E-state index is 13.0. The van der Waals surface area contributed by atoms with Crippen molar-refractivity contribution in [3.8, 4) is 11.5 Å². The Morgan fingerprint density at radius 1 is 1.06 bits per heavy atom. The molecule has 0 amide bonds. The van der Waals surface area contributed by atoms with Gasteiger partial charge in [0.05, 0.1) is 30.2 Å². The molecule has 0 atom stereocenters. The van der Waals surface area contributed by atoms with Crippen molar-refractivity contribution in [1.82, 2.24) is 9.36 Å². The summed E-state index contributed by atoms with van der Waals surface area (Å²) >= 11 is 0. The molecule has 0 spiro atoms. The minimum absolute atomic E-state index is 0.0443. The SMILES string of the molecule is COc1c(B2OC(C)(C)C(C)(C)O2)ccc2c(=O)n(C)n(Cc3ccccc3OC(F)F)c12. The van der Waals surface area contributed by atoms with Crippen molar-refractivity contribution in [3.05, 3.63) is 52.3 Å². The fraction of sp³-hybridized carbons (Fsp3) is 0.435. The van der Waals surface area contributed by atoms with Gasteiger partial charge in [0, 0.05) is 18.1 Å². The van der Waals surface area contributed by atoms with E-state index in [9.17, 15) is 13.6 Å². The highest BCUT2D eigenvalue weighted by atomic mass is 19.3. The van der Waals surface area contributed by atoms with Crippen LogP contribution in [0.5, 0.6) is 11.5 Å². The molecule has 0 N–H and O–H groups in total. The van der Waals surface area contributed by atoms with Crippen LogP contribution in [0.4, 0.5) is 8.78 Å². The number of hydrogen-bond acceptors (Lipinski definition) is 5. The molecule has 176 valence electrons. The van der Waals surface area contributed by atoms with Gasteiger partial charge in [-0.05, 0) is 39.8 Å². The number of aromatic nitrogens is 2. The molecule has 1 aromatic heterocycles. The average molecular weight is 460 g/mol. The lowest BCUT2D eigenvalue weighted by molar-refractivity contribution is -0.0505. The van der Waals surface area contributed by atoms with Gasteiger partial charge >= 0.3 is 13.7 Å². The molecular weight excluding hydrogens is 433 g/mol. The van der Waals surface area contributed by atoms with Gasteiger partial charge in [-0.25, -0.2) is 0 Å². The van der Waals surface area contributed by atoms with Crippen molar-refractivity contribution in [2.45, 2.75) is 52.1 Å². The number of halogens is 2. The van der Waals surface area contributed by atoms with Crippen molar-refractivity contribution in [1.29, 1.82) is 0 Å². The molecule has 0 radical (unpaired) electrons. The van der Waals surface area contributed by atoms with Crippen molar-refractivity contribution in [3.63, 3.8) is 0 Å². The van der Waals surface area contributed by atoms with E-state index in [4.69, 9.17) is 14.0 Å². The van der Waals surface area contributed by atoms with Crippen LogP contribution in [-0.2, 0) is 22.9 Å². The molecule has 2 heterocycles. The fourth-order valence-electron chi connectivity index (χ4n) is 4.01. The van der Waals surface area contributed by atoms with Gasteiger partial charge < -0.3 is 18.8 Å². The Hall–Kier alpha value is -2.85. The molecule has 0 aliphatic carbocycles. The van der Waals surface area contributed by atoms with E-state index >= 15 is 0 Å². The lowest BCUT2D eigenvalue weighted by atomic mass is 9.78. The summed E-state index contributed by atoms with van der Waals surface area (Å²) in [6, 6.07) is 9.97. The maximum Gasteiger partial charge on any atom is 0.498 e. The monoisotopic (exact) mass is 460 g/mol. The van der Waals surface area contributed by atoms with Gasteiger partial charge in [0.15, 0.2) is 0 Å². The summed E-state index contributed by atoms with van der Waals surface area (Å²) in [5.41, 5.74) is 0.299. The number of hydrogen-bond donors (Lipinski definition) is 0. The molecule has 33 heavy (non-hydrogen) atoms. The third kappa shape index (κ3) is 3.91. The Labute approximate surface area is 190 Å². The zero-order valence-electron chi connectivity index (χ0n) is 19.5. The summed E-state index contributed by atoms with van der Waals surface area (Å²) in [7, 11) is 2.43. The fourth-order valence-corrected chi connectivity index (χ4v) is 4.01. The molecule has 4 rings (SSSR count). The number of para-hydroxylation sites is 1. The van der Waals surface area contributed by atoms with Crippen LogP contribution in [0.1, 0.15) is 33.3 Å². The molecule has 7 nitrogen and oxygen atoms in total. The number of fused-ring (bicyclic) bond motifs is 1. The van der Waals surface area contributed by atoms with E-state index in [1.54, 1.807) is 42.1 Å². The van der Waals surface area contributed by atoms with E-state index in [-0.39, 0.29) is 17.9 Å². The molecule has 2 aromatic carbocycles. The minimum atomic E-state index is -2.96. The third-order valence-electron chi connectivity index (χ3n) is 6.53. The smallest absolute Gasteiger partial charge is 0.495 e. The molecule has 1 aliphatic rings. The molecule has 1 fully saturated rings. The number of nitrogens with zero attached hydrogens (tertiary/aromatic N) is 2. The first-order valence-electron chi connectivity index (χ1n) is 10.6. The second-order valence-corrected chi connectivity index (χ2v) is 9.05. The number of ether oxygens (including phenoxy) is 2. The van der Waals surface area contributed by atoms with E-state index in [1.807, 2.05) is 27.7 Å². The lowest BCUT2D eigenvalue weighted by Gasteiger charge is -2.32. The Kier molecular flexibility index (Phi) is 5.78. The normalized spacial score (nSPS) is 17.2. The topological polar surface area (TPSA) is 63.9 Å². The van der Waals surface area contributed by atoms with Crippen LogP contribution in [0.15, 0.2) is 41.2 Å². The highest BCUT2D eigenvalue weighted by Crippen LogP contribution is 2.38. The summed E-state index contributed by atoms with van der Waals surface area (Å²) in [6.45, 7) is 4.97. The van der Waals surface area contributed by atoms with Gasteiger partial charge in [-0.1, -0.05) is 24.3 Å². The summed E-state index contributed by atoms with van der Waals surface area (Å²) < 4.78 is 51.8. The van der Waals surface area contributed by atoms with Crippen molar-refractivity contribution < 1.29 is 27.6 Å². The van der Waals surface area contributed by atoms with Crippen LogP contribution in [0.2, 0.25) is 0 Å². The second kappa shape index (κ2) is 8.18. The Balaban J connectivity index is 1.87. The molecule has 3 aromatic rings. The first-order valence-corrected chi connectivity index (χ1v) is 10.6. The van der Waals surface area contributed by atoms with Gasteiger partial charge in [-0.2, -0.15) is 8.78 Å². The average Bonchev–Trinajstić information content (AvgIpc) is 3.11. The quantitative estimate of drug-likeness (QED) is 0.529. The van der Waals surface area contributed by atoms with Crippen LogP contribution in [0, 0.1) is 0 Å². The van der Waals surface area contributed by atoms with Crippen LogP contribution >= 0.6 is 0 Å². The third-order valence-corrected chi connectivity index (χ3v) is 6.53. The highest BCUT2D eigenvalue weighted by molar-refractivity contribution is 6.63. The first-order chi connectivity index (χ1) is 15.5. The first kappa shape index (κ1) is 23.3. The molecule has 1 aliphatic heterocycles. The van der Waals surface area contributed by atoms with Crippen LogP contribution in [-0.4, -0.2) is 41.4 Å². The van der Waals surface area contributed by atoms with E-state index in [0.717, 1.165) is 0 Å². The highest BCUT2D eigenvalue weighted by Gasteiger charge is 2.52. The predicted molar refractivity (Wildman–Crippen MR) is 122 cm³/mol. The zero-order valence-corrected chi connectivity index (χ0v) is 19.5. The van der Waals surface area contributed by atoms with Crippen LogP contribution in [0.25, 0.3) is 10.9 Å². The second-order valence-electron chi connectivity index (χ2n) is 9.05. The molecule has 0 unspecified atom stereocenters. The summed E-state index contributed by atoms with van der Waals surface area (Å²) in [6.07, 6.45) is 0. The van der Waals surface area contributed by atoms with E-state index < -0.39 is 24.9 Å². The van der Waals surface area contributed by atoms with Gasteiger partial charge in [0.2, 0.25) is 0 Å². The number of benzene rings is 2. The molecule has 0 bridgehead atoms. The van der Waals surface area contributed by atoms with Crippen LogP contribution < -0.4 is 20.5 Å². The molecular formula is C23H27BF2N2O5. The summed E-state index contributed by atoms with van der Waals surface area (Å²) in [5.74, 6) is 0.471. The minimum Gasteiger partial charge on any atom is -0.495 e. The van der Waals surface area contributed by atoms with Crippen molar-refractivity contribution in [2.75, 3.05) is 7.11 Å². The molecule has 10 heteroatoms. The van der Waals surface area contributed by atoms with E-state index in [0.29, 0.717) is 27.7 Å². The standard InChI is InChI=1S/C23H27BF2N2O5/c1-22(2)23(3,4)33-24(32-22)16-12-11-15-18(19(16)30-6)28(27(5)20(15)29)13-14-9-7-8-10-17(14)31-21(25)26/h7-12,21H,13H2,1-6H3. The largest absolute Gasteiger partial charge is 0.498 e. The Morgan fingerprint density at radius 2 is 1.70 bits per heavy atom. The number of rotatable bonds is 6. The van der Waals surface area contributed by atoms with Gasteiger partial charge in [-0.15, -0.1) is 0 Å². The van der Waals surface area contributed by atoms with Gasteiger partial charge in [0.25, 0.3) is 5.56 Å². The number of methoxy groups -OCH3 is 1. The van der Waals surface area contributed by atoms with Crippen molar-refractivity contribution in [2.24, 2.45) is 7.05 Å². The van der Waals surface area contributed by atoms with Crippen molar-refractivity contribution >= 4 is 23.5 Å². The molecule has 0 saturated carbocycles. The van der Waals surface area contributed by atoms with E-state index in [1.165, 1.54) is 17.9 Å². The predicted octanol–water partition coefficient (Wildman–Crippen LogP) is 3.30. The van der Waals surface area contributed by atoms with Gasteiger partial charge in [0.1, 0.15) is 17.0 Å². The van der Waals surface area contributed by atoms with Gasteiger partial charge in [-0.3, -0.25) is 14.2 Å². The zero-order chi connectivity index (χ0) is 24.1. The summed E-state index contributed by atoms with van der Waals surface area (Å²) in [5, 5.41) is 0.432. The Morgan fingerprint density at radius 3 is 2.30 bits per heavy atom. The Bertz CT molecular complexity index is 1240. The lowest BCUT2D eigenvalue weighted by Crippen LogP contribution is -2.41. The van der Waals surface area contributed by atoms with Crippen LogP contribution in [0.3, 0.4) is 0 Å².